The zero-order chi connectivity index (χ0) is 14.8. The summed E-state index contributed by atoms with van der Waals surface area (Å²) in [6.07, 6.45) is 1.43. The maximum atomic E-state index is 10.7. The minimum atomic E-state index is 0.141. The fraction of sp³-hybridized carbons (Fsp3) is 0.278. The maximum Gasteiger partial charge on any atom is 0.124 e. The third-order valence-electron chi connectivity index (χ3n) is 3.39. The molecule has 0 heterocycles. The van der Waals surface area contributed by atoms with Crippen molar-refractivity contribution in [1.29, 1.82) is 0 Å². The van der Waals surface area contributed by atoms with Gasteiger partial charge >= 0.3 is 0 Å². The molecule has 0 unspecified atom stereocenters. The lowest BCUT2D eigenvalue weighted by molar-refractivity contribution is -0.107. The molecule has 1 nitrogen and oxygen atoms in total. The summed E-state index contributed by atoms with van der Waals surface area (Å²) in [5.41, 5.74) is 4.95. The van der Waals surface area contributed by atoms with Crippen LogP contribution in [0.1, 0.15) is 31.9 Å². The zero-order valence-corrected chi connectivity index (χ0v) is 14.3. The van der Waals surface area contributed by atoms with Gasteiger partial charge in [-0.15, -0.1) is 0 Å². The maximum absolute atomic E-state index is 10.7. The molecule has 0 fully saturated rings. The van der Waals surface area contributed by atoms with Gasteiger partial charge in [0.1, 0.15) is 6.29 Å². The van der Waals surface area contributed by atoms with Crippen LogP contribution in [0.5, 0.6) is 0 Å². The predicted octanol–water partition coefficient (Wildman–Crippen LogP) is 5.00. The molecule has 2 rings (SSSR count). The van der Waals surface area contributed by atoms with Gasteiger partial charge in [-0.05, 0) is 62.4 Å². The van der Waals surface area contributed by atoms with Crippen molar-refractivity contribution in [3.05, 3.63) is 57.2 Å². The molecule has 0 bridgehead atoms. The number of carbonyl (C=O) groups excluding carboxylic acids is 1. The Kier molecular flexibility index (Phi) is 4.63. The van der Waals surface area contributed by atoms with E-state index in [1.807, 2.05) is 6.07 Å². The molecule has 2 aromatic carbocycles. The lowest BCUT2D eigenvalue weighted by Crippen LogP contribution is -2.10. The molecule has 104 valence electrons. The standard InChI is InChI=1S/C18H19IO/c1-18(2,3)15-6-4-5-14(12-15)16-11-13(9-10-20)7-8-17(16)19/h4-8,10-12H,9H2,1-3H3. The SMILES string of the molecule is CC(C)(C)c1cccc(-c2cc(CC=O)ccc2I)c1. The van der Waals surface area contributed by atoms with Gasteiger partial charge in [0.05, 0.1) is 0 Å². The van der Waals surface area contributed by atoms with Crippen molar-refractivity contribution in [3.8, 4) is 11.1 Å². The number of aldehydes is 1. The molecule has 0 aliphatic rings. The second-order valence-electron chi connectivity index (χ2n) is 6.02. The average molecular weight is 378 g/mol. The Morgan fingerprint density at radius 2 is 1.85 bits per heavy atom. The summed E-state index contributed by atoms with van der Waals surface area (Å²) in [4.78, 5) is 10.7. The van der Waals surface area contributed by atoms with Crippen LogP contribution in [-0.4, -0.2) is 6.29 Å². The van der Waals surface area contributed by atoms with Crippen molar-refractivity contribution in [1.82, 2.24) is 0 Å². The van der Waals surface area contributed by atoms with E-state index in [1.165, 1.54) is 20.3 Å². The normalized spacial score (nSPS) is 11.4. The van der Waals surface area contributed by atoms with Gasteiger partial charge in [0.25, 0.3) is 0 Å². The highest BCUT2D eigenvalue weighted by Gasteiger charge is 2.14. The van der Waals surface area contributed by atoms with Crippen molar-refractivity contribution in [2.24, 2.45) is 0 Å². The third-order valence-corrected chi connectivity index (χ3v) is 4.33. The summed E-state index contributed by atoms with van der Waals surface area (Å²) in [5, 5.41) is 0. The number of hydrogen-bond acceptors (Lipinski definition) is 1. The van der Waals surface area contributed by atoms with Gasteiger partial charge in [-0.3, -0.25) is 0 Å². The number of benzene rings is 2. The molecule has 0 N–H and O–H groups in total. The molecule has 0 saturated carbocycles. The van der Waals surface area contributed by atoms with E-state index < -0.39 is 0 Å². The highest BCUT2D eigenvalue weighted by atomic mass is 127. The van der Waals surface area contributed by atoms with Gasteiger partial charge in [0, 0.05) is 9.99 Å². The third kappa shape index (κ3) is 3.48. The molecule has 0 spiro atoms. The van der Waals surface area contributed by atoms with Gasteiger partial charge in [0.15, 0.2) is 0 Å². The van der Waals surface area contributed by atoms with Gasteiger partial charge in [-0.1, -0.05) is 51.1 Å². The molecule has 0 atom stereocenters. The molecule has 0 amide bonds. The van der Waals surface area contributed by atoms with Crippen LogP contribution in [0.4, 0.5) is 0 Å². The zero-order valence-electron chi connectivity index (χ0n) is 12.1. The van der Waals surface area contributed by atoms with E-state index in [4.69, 9.17) is 0 Å². The molecule has 0 radical (unpaired) electrons. The van der Waals surface area contributed by atoms with E-state index in [1.54, 1.807) is 0 Å². The smallest absolute Gasteiger partial charge is 0.124 e. The minimum absolute atomic E-state index is 0.141. The number of halogens is 1. The van der Waals surface area contributed by atoms with Gasteiger partial charge in [-0.2, -0.15) is 0 Å². The van der Waals surface area contributed by atoms with Crippen molar-refractivity contribution < 1.29 is 4.79 Å². The number of hydrogen-bond donors (Lipinski definition) is 0. The van der Waals surface area contributed by atoms with Gasteiger partial charge < -0.3 is 4.79 Å². The Morgan fingerprint density at radius 1 is 1.10 bits per heavy atom. The summed E-state index contributed by atoms with van der Waals surface area (Å²) in [6, 6.07) is 14.9. The first kappa shape index (κ1) is 15.2. The van der Waals surface area contributed by atoms with Crippen LogP contribution in [0.3, 0.4) is 0 Å². The molecule has 0 aliphatic heterocycles. The minimum Gasteiger partial charge on any atom is -0.303 e. The first-order valence-electron chi connectivity index (χ1n) is 6.75. The van der Waals surface area contributed by atoms with Crippen molar-refractivity contribution in [3.63, 3.8) is 0 Å². The van der Waals surface area contributed by atoms with E-state index in [0.717, 1.165) is 11.8 Å². The van der Waals surface area contributed by atoms with Crippen LogP contribution >= 0.6 is 22.6 Å². The largest absolute Gasteiger partial charge is 0.303 e. The average Bonchev–Trinajstić information content (AvgIpc) is 2.40. The van der Waals surface area contributed by atoms with Crippen LogP contribution in [0.25, 0.3) is 11.1 Å². The first-order chi connectivity index (χ1) is 9.41. The Hall–Kier alpha value is -1.16. The van der Waals surface area contributed by atoms with Crippen LogP contribution in [0.2, 0.25) is 0 Å². The topological polar surface area (TPSA) is 17.1 Å². The van der Waals surface area contributed by atoms with E-state index in [9.17, 15) is 4.79 Å². The van der Waals surface area contributed by atoms with E-state index >= 15 is 0 Å². The van der Waals surface area contributed by atoms with Gasteiger partial charge in [0.2, 0.25) is 0 Å². The quantitative estimate of drug-likeness (QED) is 0.543. The van der Waals surface area contributed by atoms with Crippen LogP contribution in [0.15, 0.2) is 42.5 Å². The molecule has 2 heteroatoms. The van der Waals surface area contributed by atoms with Crippen molar-refractivity contribution in [2.45, 2.75) is 32.6 Å². The molecular formula is C18H19IO. The van der Waals surface area contributed by atoms with Crippen molar-refractivity contribution >= 4 is 28.9 Å². The second-order valence-corrected chi connectivity index (χ2v) is 7.18. The summed E-state index contributed by atoms with van der Waals surface area (Å²) in [7, 11) is 0. The van der Waals surface area contributed by atoms with E-state index in [-0.39, 0.29) is 5.41 Å². The van der Waals surface area contributed by atoms with E-state index in [2.05, 4.69) is 79.8 Å². The summed E-state index contributed by atoms with van der Waals surface area (Å²) >= 11 is 2.35. The highest BCUT2D eigenvalue weighted by molar-refractivity contribution is 14.1. The summed E-state index contributed by atoms with van der Waals surface area (Å²) in [5.74, 6) is 0. The van der Waals surface area contributed by atoms with Crippen LogP contribution in [0, 0.1) is 3.57 Å². The first-order valence-corrected chi connectivity index (χ1v) is 7.82. The Balaban J connectivity index is 2.50. The Labute approximate surface area is 134 Å². The fourth-order valence-electron chi connectivity index (χ4n) is 2.17. The molecule has 2 aromatic rings. The fourth-order valence-corrected chi connectivity index (χ4v) is 2.82. The highest BCUT2D eigenvalue weighted by Crippen LogP contribution is 2.30. The molecule has 0 saturated heterocycles. The number of rotatable bonds is 3. The number of carbonyl (C=O) groups is 1. The van der Waals surface area contributed by atoms with Crippen molar-refractivity contribution in [2.75, 3.05) is 0 Å². The Morgan fingerprint density at radius 3 is 2.50 bits per heavy atom. The predicted molar refractivity (Wildman–Crippen MR) is 93.1 cm³/mol. The monoisotopic (exact) mass is 378 g/mol. The molecule has 0 aliphatic carbocycles. The lowest BCUT2D eigenvalue weighted by atomic mass is 9.85. The van der Waals surface area contributed by atoms with Crippen LogP contribution < -0.4 is 0 Å². The lowest BCUT2D eigenvalue weighted by Gasteiger charge is -2.20. The van der Waals surface area contributed by atoms with E-state index in [0.29, 0.717) is 6.42 Å². The second kappa shape index (κ2) is 6.08. The van der Waals surface area contributed by atoms with Gasteiger partial charge in [-0.25, -0.2) is 0 Å². The summed E-state index contributed by atoms with van der Waals surface area (Å²) < 4.78 is 1.21. The molecule has 20 heavy (non-hydrogen) atoms. The molecular weight excluding hydrogens is 359 g/mol. The summed E-state index contributed by atoms with van der Waals surface area (Å²) in [6.45, 7) is 6.67. The molecule has 0 aromatic heterocycles. The van der Waals surface area contributed by atoms with Crippen LogP contribution in [-0.2, 0) is 16.6 Å². The Bertz CT molecular complexity index is 624.